The van der Waals surface area contributed by atoms with Gasteiger partial charge >= 0.3 is 24.5 Å². The number of rotatable bonds is 12. The predicted octanol–water partition coefficient (Wildman–Crippen LogP) is 5.74. The molecule has 3 amide bonds. The Morgan fingerprint density at radius 2 is 1.72 bits per heavy atom. The quantitative estimate of drug-likeness (QED) is 0.166. The summed E-state index contributed by atoms with van der Waals surface area (Å²) in [7, 11) is 1.21. The predicted molar refractivity (Wildman–Crippen MR) is 161 cm³/mol. The van der Waals surface area contributed by atoms with Crippen molar-refractivity contribution in [1.29, 1.82) is 0 Å². The summed E-state index contributed by atoms with van der Waals surface area (Å²) in [4.78, 5) is 41.9. The van der Waals surface area contributed by atoms with Crippen LogP contribution in [0, 0.1) is 11.7 Å². The zero-order chi connectivity index (χ0) is 34.2. The molecule has 1 aliphatic rings. The lowest BCUT2D eigenvalue weighted by molar-refractivity contribution is -0.253. The van der Waals surface area contributed by atoms with Gasteiger partial charge in [-0.25, -0.2) is 9.18 Å². The number of benzene rings is 2. The van der Waals surface area contributed by atoms with Gasteiger partial charge in [0.1, 0.15) is 23.7 Å². The van der Waals surface area contributed by atoms with Gasteiger partial charge in [0.15, 0.2) is 0 Å². The zero-order valence-electron chi connectivity index (χ0n) is 25.1. The van der Waals surface area contributed by atoms with E-state index in [2.05, 4.69) is 30.4 Å². The maximum Gasteiger partial charge on any atom is 0.461 e. The Balaban J connectivity index is 1.66. The van der Waals surface area contributed by atoms with E-state index in [1.165, 1.54) is 25.4 Å². The number of aromatic nitrogens is 1. The summed E-state index contributed by atoms with van der Waals surface area (Å²) < 4.78 is 77.6. The number of carbonyl (C=O) groups is 3. The lowest BCUT2D eigenvalue weighted by Crippen LogP contribution is -2.55. The number of halogens is 6. The summed E-state index contributed by atoms with van der Waals surface area (Å²) in [6.45, 7) is -0.259. The minimum absolute atomic E-state index is 0.0862. The fourth-order valence-electron chi connectivity index (χ4n) is 5.41. The van der Waals surface area contributed by atoms with Crippen molar-refractivity contribution in [3.05, 3.63) is 94.5 Å². The monoisotopic (exact) mass is 682 g/mol. The Hall–Kier alpha value is -4.46. The number of amides is 3. The summed E-state index contributed by atoms with van der Waals surface area (Å²) in [5.41, 5.74) is -1.14. The van der Waals surface area contributed by atoms with Crippen molar-refractivity contribution in [2.45, 2.75) is 56.2 Å². The molecular weight excluding hydrogens is 651 g/mol. The molecule has 0 saturated heterocycles. The van der Waals surface area contributed by atoms with Gasteiger partial charge in [-0.05, 0) is 61.1 Å². The highest BCUT2D eigenvalue weighted by Gasteiger charge is 2.45. The number of ether oxygens (including phenoxy) is 2. The molecule has 0 bridgehead atoms. The number of alkyl halides is 4. The molecule has 252 valence electrons. The summed E-state index contributed by atoms with van der Waals surface area (Å²) in [5, 5.41) is 8.46. The number of pyridine rings is 1. The van der Waals surface area contributed by atoms with Gasteiger partial charge in [-0.15, -0.1) is 0 Å². The van der Waals surface area contributed by atoms with Gasteiger partial charge in [0, 0.05) is 30.6 Å². The van der Waals surface area contributed by atoms with Gasteiger partial charge in [-0.1, -0.05) is 41.9 Å². The number of hydrogen-bond donors (Lipinski definition) is 3. The molecule has 1 heterocycles. The van der Waals surface area contributed by atoms with Gasteiger partial charge < -0.3 is 25.4 Å². The molecule has 1 aromatic heterocycles. The molecule has 0 aliphatic heterocycles. The van der Waals surface area contributed by atoms with Crippen molar-refractivity contribution in [1.82, 2.24) is 20.9 Å². The molecule has 1 saturated carbocycles. The normalized spacial score (nSPS) is 17.7. The highest BCUT2D eigenvalue weighted by atomic mass is 35.5. The van der Waals surface area contributed by atoms with Crippen LogP contribution in [0.25, 0.3) is 0 Å². The molecule has 2 aromatic carbocycles. The first kappa shape index (κ1) is 35.4. The van der Waals surface area contributed by atoms with E-state index in [1.807, 2.05) is 0 Å². The first-order valence-corrected chi connectivity index (χ1v) is 14.9. The molecule has 0 radical (unpaired) electrons. The number of carbonyl (C=O) groups excluding carboxylic acids is 3. The fraction of sp³-hybridized carbons (Fsp3) is 0.375. The van der Waals surface area contributed by atoms with Crippen LogP contribution < -0.4 is 20.7 Å². The van der Waals surface area contributed by atoms with Crippen LogP contribution in [0.5, 0.6) is 5.75 Å². The molecule has 4 rings (SSSR count). The molecule has 15 heteroatoms. The molecule has 1 aliphatic carbocycles. The van der Waals surface area contributed by atoms with E-state index in [0.717, 1.165) is 12.1 Å². The largest absolute Gasteiger partial charge is 0.468 e. The number of nitrogens with zero attached hydrogens (tertiary/aromatic N) is 1. The third-order valence-electron chi connectivity index (χ3n) is 7.74. The van der Waals surface area contributed by atoms with Gasteiger partial charge in [-0.2, -0.15) is 17.6 Å². The average molecular weight is 683 g/mol. The van der Waals surface area contributed by atoms with Gasteiger partial charge in [-0.3, -0.25) is 14.6 Å². The van der Waals surface area contributed by atoms with E-state index in [1.54, 1.807) is 30.3 Å². The number of nitrogens with one attached hydrogen (secondary N) is 3. The maximum absolute atomic E-state index is 15.0. The van der Waals surface area contributed by atoms with Gasteiger partial charge in [0.2, 0.25) is 5.91 Å². The lowest BCUT2D eigenvalue weighted by Gasteiger charge is -2.37. The molecular formula is C32H32ClF5N4O5. The number of esters is 1. The van der Waals surface area contributed by atoms with Crippen molar-refractivity contribution in [2.75, 3.05) is 13.7 Å². The number of hydrogen-bond acceptors (Lipinski definition) is 6. The van der Waals surface area contributed by atoms with E-state index in [0.29, 0.717) is 37.3 Å². The molecule has 3 N–H and O–H groups in total. The van der Waals surface area contributed by atoms with Crippen LogP contribution in [-0.4, -0.2) is 55.1 Å². The Bertz CT molecular complexity index is 1540. The fourth-order valence-corrected chi connectivity index (χ4v) is 5.52. The van der Waals surface area contributed by atoms with Crippen LogP contribution in [0.3, 0.4) is 0 Å². The van der Waals surface area contributed by atoms with E-state index in [9.17, 15) is 31.9 Å². The second kappa shape index (κ2) is 15.4. The molecule has 3 aromatic rings. The minimum Gasteiger partial charge on any atom is -0.468 e. The molecule has 1 atom stereocenters. The highest BCUT2D eigenvalue weighted by molar-refractivity contribution is 6.30. The van der Waals surface area contributed by atoms with Crippen molar-refractivity contribution in [3.63, 3.8) is 0 Å². The van der Waals surface area contributed by atoms with E-state index in [-0.39, 0.29) is 47.1 Å². The van der Waals surface area contributed by atoms with Gasteiger partial charge in [0.25, 0.3) is 0 Å². The maximum atomic E-state index is 15.0. The van der Waals surface area contributed by atoms with Crippen LogP contribution in [0.1, 0.15) is 42.5 Å². The van der Waals surface area contributed by atoms with Crippen molar-refractivity contribution in [3.8, 4) is 5.75 Å². The van der Waals surface area contributed by atoms with E-state index < -0.39 is 41.6 Å². The van der Waals surface area contributed by atoms with Crippen LogP contribution >= 0.6 is 11.6 Å². The van der Waals surface area contributed by atoms with E-state index in [4.69, 9.17) is 11.6 Å². The highest BCUT2D eigenvalue weighted by Crippen LogP contribution is 2.37. The van der Waals surface area contributed by atoms with Crippen molar-refractivity contribution in [2.24, 2.45) is 5.92 Å². The Labute approximate surface area is 272 Å². The summed E-state index contributed by atoms with van der Waals surface area (Å²) in [6.07, 6.45) is -6.28. The smallest absolute Gasteiger partial charge is 0.461 e. The lowest BCUT2D eigenvalue weighted by atomic mass is 9.80. The third kappa shape index (κ3) is 9.31. The molecule has 47 heavy (non-hydrogen) atoms. The Morgan fingerprint density at radius 1 is 1.02 bits per heavy atom. The average Bonchev–Trinajstić information content (AvgIpc) is 3.03. The van der Waals surface area contributed by atoms with Crippen molar-refractivity contribution >= 4 is 29.5 Å². The molecule has 0 unspecified atom stereocenters. The van der Waals surface area contributed by atoms with E-state index >= 15 is 4.39 Å². The Morgan fingerprint density at radius 3 is 2.34 bits per heavy atom. The summed E-state index contributed by atoms with van der Waals surface area (Å²) in [6, 6.07) is 12.9. The minimum atomic E-state index is -4.93. The molecule has 1 fully saturated rings. The molecule has 9 nitrogen and oxygen atoms in total. The topological polar surface area (TPSA) is 119 Å². The Kier molecular flexibility index (Phi) is 11.6. The zero-order valence-corrected chi connectivity index (χ0v) is 25.8. The summed E-state index contributed by atoms with van der Waals surface area (Å²) in [5.74, 6) is -3.27. The standard InChI is InChI=1S/C32H32ClF5N4O5/c1-46-27(43)18-40-28(44)20-7-10-24(11-8-20)41-30(45)42-31(16-19-5-3-2-4-6-19,26-12-9-22(33)17-39-26)21-13-23(34)15-25(14-21)47-32(37,38)29(35)36/h2-6,9,12-15,17,20,24,29H,7-8,10-11,16,18H2,1H3,(H,40,44)(H2,41,42,45)/t20?,24?,31-/m0/s1. The van der Waals surface area contributed by atoms with Crippen LogP contribution in [-0.2, 0) is 26.3 Å². The second-order valence-corrected chi connectivity index (χ2v) is 11.4. The van der Waals surface area contributed by atoms with Gasteiger partial charge in [0.05, 0.1) is 17.8 Å². The second-order valence-electron chi connectivity index (χ2n) is 11.0. The van der Waals surface area contributed by atoms with Crippen molar-refractivity contribution < 1.29 is 45.8 Å². The van der Waals surface area contributed by atoms with Crippen LogP contribution in [0.4, 0.5) is 26.7 Å². The third-order valence-corrected chi connectivity index (χ3v) is 7.97. The molecule has 0 spiro atoms. The number of methoxy groups -OCH3 is 1. The SMILES string of the molecule is COC(=O)CNC(=O)C1CCC(NC(=O)N[C@@](Cc2ccccc2)(c2cc(F)cc(OC(F)(F)C(F)F)c2)c2ccc(Cl)cn2)CC1. The number of urea groups is 1. The van der Waals surface area contributed by atoms with Crippen LogP contribution in [0.2, 0.25) is 5.02 Å². The van der Waals surface area contributed by atoms with Crippen LogP contribution in [0.15, 0.2) is 66.9 Å². The summed E-state index contributed by atoms with van der Waals surface area (Å²) >= 11 is 6.08. The first-order valence-electron chi connectivity index (χ1n) is 14.6. The first-order chi connectivity index (χ1) is 22.3.